The van der Waals surface area contributed by atoms with Crippen molar-refractivity contribution >= 4 is 5.84 Å². The summed E-state index contributed by atoms with van der Waals surface area (Å²) in [5.41, 5.74) is 5.80. The Morgan fingerprint density at radius 2 is 1.83 bits per heavy atom. The molecular weight excluding hydrogens is 436 g/mol. The molecule has 35 heavy (non-hydrogen) atoms. The Balaban J connectivity index is 1.23. The Kier molecular flexibility index (Phi) is 5.72. The molecule has 0 bridgehead atoms. The van der Waals surface area contributed by atoms with Crippen molar-refractivity contribution in [2.24, 2.45) is 10.9 Å². The molecule has 0 radical (unpaired) electrons. The topological polar surface area (TPSA) is 76.5 Å². The van der Waals surface area contributed by atoms with Gasteiger partial charge in [0.1, 0.15) is 6.17 Å². The molecule has 0 spiro atoms. The second kappa shape index (κ2) is 9.17. The molecule has 1 aliphatic carbocycles. The summed E-state index contributed by atoms with van der Waals surface area (Å²) in [6.45, 7) is 8.47. The van der Waals surface area contributed by atoms with Gasteiger partial charge in [0, 0.05) is 31.4 Å². The van der Waals surface area contributed by atoms with E-state index in [1.54, 1.807) is 0 Å². The Labute approximate surface area is 206 Å². The molecule has 0 amide bonds. The molecule has 1 saturated carbocycles. The molecule has 8 nitrogen and oxygen atoms in total. The molecule has 1 unspecified atom stereocenters. The zero-order valence-electron chi connectivity index (χ0n) is 20.4. The van der Waals surface area contributed by atoms with Gasteiger partial charge in [-0.25, -0.2) is 10.1 Å². The Morgan fingerprint density at radius 1 is 1.03 bits per heavy atom. The fraction of sp³-hybridized carbons (Fsp3) is 0.407. The maximum absolute atomic E-state index is 5.10. The highest BCUT2D eigenvalue weighted by atomic mass is 15.5. The minimum absolute atomic E-state index is 0.138. The standard InChI is InChI=1S/C27H32N8/c1-3-14-33-17-25-27(34(18-33)15-20-8-9-20)28-19(2)35(25)16-21-10-12-22(13-11-21)23-6-4-5-7-24(23)26-29-31-32-30-26/h4-7,10-13,17,19-20H,3,8-9,14-16,18H2,1-2H3,(H,29,30,31,32). The fourth-order valence-electron chi connectivity index (χ4n) is 5.12. The van der Waals surface area contributed by atoms with Crippen molar-refractivity contribution in [3.63, 3.8) is 0 Å². The van der Waals surface area contributed by atoms with Gasteiger partial charge in [0.25, 0.3) is 0 Å². The molecular formula is C27H32N8. The fourth-order valence-corrected chi connectivity index (χ4v) is 5.12. The van der Waals surface area contributed by atoms with Gasteiger partial charge in [0.05, 0.1) is 12.4 Å². The van der Waals surface area contributed by atoms with Crippen LogP contribution in [0.1, 0.15) is 38.7 Å². The Bertz CT molecular complexity index is 1230. The first-order chi connectivity index (χ1) is 17.2. The number of hydrogen-bond donors (Lipinski definition) is 1. The Hall–Kier alpha value is -3.68. The molecule has 2 aliphatic heterocycles. The molecule has 1 fully saturated rings. The van der Waals surface area contributed by atoms with E-state index in [0.717, 1.165) is 55.3 Å². The number of aliphatic imine (C=N–C) groups is 1. The normalized spacial score (nSPS) is 19.6. The van der Waals surface area contributed by atoms with Gasteiger partial charge >= 0.3 is 0 Å². The second-order valence-electron chi connectivity index (χ2n) is 9.84. The largest absolute Gasteiger partial charge is 0.358 e. The maximum atomic E-state index is 5.10. The minimum Gasteiger partial charge on any atom is -0.358 e. The van der Waals surface area contributed by atoms with Gasteiger partial charge in [-0.2, -0.15) is 0 Å². The molecule has 2 aromatic carbocycles. The van der Waals surface area contributed by atoms with Crippen molar-refractivity contribution in [1.29, 1.82) is 0 Å². The van der Waals surface area contributed by atoms with E-state index in [0.29, 0.717) is 5.82 Å². The summed E-state index contributed by atoms with van der Waals surface area (Å²) >= 11 is 0. The summed E-state index contributed by atoms with van der Waals surface area (Å²) in [5, 5.41) is 14.5. The molecule has 8 heteroatoms. The van der Waals surface area contributed by atoms with E-state index in [1.807, 2.05) is 18.2 Å². The number of H-pyrrole nitrogens is 1. The molecule has 3 aromatic rings. The van der Waals surface area contributed by atoms with Crippen molar-refractivity contribution in [3.8, 4) is 22.5 Å². The number of hydrogen-bond acceptors (Lipinski definition) is 7. The van der Waals surface area contributed by atoms with Crippen LogP contribution in [0.4, 0.5) is 0 Å². The molecule has 3 heterocycles. The molecule has 1 aromatic heterocycles. The molecule has 0 saturated heterocycles. The monoisotopic (exact) mass is 468 g/mol. The lowest BCUT2D eigenvalue weighted by atomic mass is 9.98. The highest BCUT2D eigenvalue weighted by Gasteiger charge is 2.37. The second-order valence-corrected chi connectivity index (χ2v) is 9.84. The van der Waals surface area contributed by atoms with E-state index in [4.69, 9.17) is 4.99 Å². The van der Waals surface area contributed by atoms with Gasteiger partial charge in [-0.15, -0.1) is 5.10 Å². The highest BCUT2D eigenvalue weighted by Crippen LogP contribution is 2.35. The summed E-state index contributed by atoms with van der Waals surface area (Å²) in [5.74, 6) is 2.70. The first-order valence-corrected chi connectivity index (χ1v) is 12.7. The Morgan fingerprint density at radius 3 is 2.54 bits per heavy atom. The van der Waals surface area contributed by atoms with Gasteiger partial charge < -0.3 is 14.7 Å². The van der Waals surface area contributed by atoms with Crippen molar-refractivity contribution < 1.29 is 0 Å². The number of rotatable bonds is 8. The van der Waals surface area contributed by atoms with Crippen LogP contribution in [-0.4, -0.2) is 67.1 Å². The van der Waals surface area contributed by atoms with Gasteiger partial charge in [-0.1, -0.05) is 55.5 Å². The van der Waals surface area contributed by atoms with Gasteiger partial charge in [-0.05, 0) is 59.2 Å². The van der Waals surface area contributed by atoms with Crippen molar-refractivity contribution in [1.82, 2.24) is 35.3 Å². The lowest BCUT2D eigenvalue weighted by molar-refractivity contribution is 0.215. The van der Waals surface area contributed by atoms with Crippen molar-refractivity contribution in [2.45, 2.75) is 45.8 Å². The van der Waals surface area contributed by atoms with Crippen LogP contribution in [0.25, 0.3) is 22.5 Å². The molecule has 6 rings (SSSR count). The van der Waals surface area contributed by atoms with Crippen LogP contribution in [0.2, 0.25) is 0 Å². The summed E-state index contributed by atoms with van der Waals surface area (Å²) in [4.78, 5) is 12.5. The smallest absolute Gasteiger partial charge is 0.180 e. The highest BCUT2D eigenvalue weighted by molar-refractivity contribution is 6.00. The van der Waals surface area contributed by atoms with Crippen molar-refractivity contribution in [2.75, 3.05) is 19.8 Å². The number of amidine groups is 1. The van der Waals surface area contributed by atoms with E-state index in [1.165, 1.54) is 29.9 Å². The zero-order chi connectivity index (χ0) is 23.8. The van der Waals surface area contributed by atoms with Crippen LogP contribution < -0.4 is 0 Å². The number of nitrogens with zero attached hydrogens (tertiary/aromatic N) is 7. The van der Waals surface area contributed by atoms with Crippen molar-refractivity contribution in [3.05, 3.63) is 66.0 Å². The summed E-state index contributed by atoms with van der Waals surface area (Å²) in [6.07, 6.45) is 6.34. The van der Waals surface area contributed by atoms with E-state index in [2.05, 4.69) is 85.7 Å². The predicted molar refractivity (Wildman–Crippen MR) is 137 cm³/mol. The number of aromatic amines is 1. The minimum atomic E-state index is 0.138. The van der Waals surface area contributed by atoms with E-state index in [9.17, 15) is 0 Å². The van der Waals surface area contributed by atoms with Crippen LogP contribution in [-0.2, 0) is 6.54 Å². The average molecular weight is 469 g/mol. The van der Waals surface area contributed by atoms with Crippen LogP contribution >= 0.6 is 0 Å². The first kappa shape index (κ1) is 21.8. The van der Waals surface area contributed by atoms with E-state index in [-0.39, 0.29) is 6.17 Å². The van der Waals surface area contributed by atoms with Gasteiger partial charge in [-0.3, -0.25) is 0 Å². The third kappa shape index (κ3) is 4.40. The maximum Gasteiger partial charge on any atom is 0.180 e. The zero-order valence-corrected chi connectivity index (χ0v) is 20.4. The summed E-state index contributed by atoms with van der Waals surface area (Å²) in [6, 6.07) is 17.0. The SMILES string of the molecule is CCCN1C=C2C(=NC(C)N2Cc2ccc(-c3ccccc3-c3nnn[nH]3)cc2)N(CC2CC2)C1. The van der Waals surface area contributed by atoms with Crippen LogP contribution in [0.3, 0.4) is 0 Å². The first-order valence-electron chi connectivity index (χ1n) is 12.7. The number of aromatic nitrogens is 4. The summed E-state index contributed by atoms with van der Waals surface area (Å²) < 4.78 is 0. The molecule has 1 N–H and O–H groups in total. The van der Waals surface area contributed by atoms with Gasteiger partial charge in [0.2, 0.25) is 0 Å². The molecule has 180 valence electrons. The number of nitrogens with one attached hydrogen (secondary N) is 1. The predicted octanol–water partition coefficient (Wildman–Crippen LogP) is 4.33. The number of fused-ring (bicyclic) bond motifs is 1. The van der Waals surface area contributed by atoms with E-state index < -0.39 is 0 Å². The molecule has 1 atom stereocenters. The third-order valence-electron chi connectivity index (χ3n) is 7.09. The van der Waals surface area contributed by atoms with Gasteiger partial charge in [0.15, 0.2) is 11.7 Å². The molecule has 3 aliphatic rings. The number of benzene rings is 2. The van der Waals surface area contributed by atoms with Crippen LogP contribution in [0, 0.1) is 5.92 Å². The third-order valence-corrected chi connectivity index (χ3v) is 7.09. The number of tetrazole rings is 1. The van der Waals surface area contributed by atoms with Crippen LogP contribution in [0.15, 0.2) is 65.4 Å². The van der Waals surface area contributed by atoms with E-state index >= 15 is 0 Å². The lowest BCUT2D eigenvalue weighted by Crippen LogP contribution is -2.46. The quantitative estimate of drug-likeness (QED) is 0.530. The summed E-state index contributed by atoms with van der Waals surface area (Å²) in [7, 11) is 0. The lowest BCUT2D eigenvalue weighted by Gasteiger charge is -2.38. The van der Waals surface area contributed by atoms with Crippen LogP contribution in [0.5, 0.6) is 0 Å². The average Bonchev–Trinajstić information content (AvgIpc) is 3.41.